The lowest BCUT2D eigenvalue weighted by atomic mass is 9.86. The Bertz CT molecular complexity index is 555. The maximum absolute atomic E-state index is 12.4. The number of nitrogens with one attached hydrogen (secondary N) is 2. The first-order chi connectivity index (χ1) is 10.6. The summed E-state index contributed by atoms with van der Waals surface area (Å²) in [6.07, 6.45) is 0. The summed E-state index contributed by atoms with van der Waals surface area (Å²) in [7, 11) is 0. The average Bonchev–Trinajstić information content (AvgIpc) is 2.46. The van der Waals surface area contributed by atoms with Gasteiger partial charge in [0.2, 0.25) is 5.91 Å². The predicted octanol–water partition coefficient (Wildman–Crippen LogP) is 2.05. The Hall–Kier alpha value is -2.12. The van der Waals surface area contributed by atoms with Crippen LogP contribution < -0.4 is 15.9 Å². The lowest BCUT2D eigenvalue weighted by Gasteiger charge is -2.34. The highest BCUT2D eigenvalue weighted by molar-refractivity contribution is 5.99. The minimum absolute atomic E-state index is 0.0192. The summed E-state index contributed by atoms with van der Waals surface area (Å²) in [5.41, 5.74) is -0.757. The molecule has 0 aromatic heterocycles. The summed E-state index contributed by atoms with van der Waals surface area (Å²) >= 11 is 0. The summed E-state index contributed by atoms with van der Waals surface area (Å²) in [6.45, 7) is 9.08. The van der Waals surface area contributed by atoms with Crippen molar-refractivity contribution in [2.75, 3.05) is 5.23 Å². The topological polar surface area (TPSA) is 105 Å². The van der Waals surface area contributed by atoms with Gasteiger partial charge in [0, 0.05) is 11.6 Å². The minimum Gasteiger partial charge on any atom is -0.733 e. The van der Waals surface area contributed by atoms with Crippen molar-refractivity contribution in [1.82, 2.24) is 10.6 Å². The fraction of sp³-hybridized carbons (Fsp3) is 0.500. The molecule has 1 rings (SSSR count). The summed E-state index contributed by atoms with van der Waals surface area (Å²) in [5, 5.41) is 24.8. The highest BCUT2D eigenvalue weighted by atomic mass is 16.8. The molecule has 128 valence electrons. The van der Waals surface area contributed by atoms with E-state index in [0.29, 0.717) is 5.56 Å². The monoisotopic (exact) mass is 322 g/mol. The van der Waals surface area contributed by atoms with Crippen LogP contribution in [-0.4, -0.2) is 28.6 Å². The van der Waals surface area contributed by atoms with Crippen LogP contribution in [0, 0.1) is 11.1 Å². The van der Waals surface area contributed by atoms with E-state index in [0.717, 1.165) is 0 Å². The number of anilines is 1. The van der Waals surface area contributed by atoms with Crippen LogP contribution in [0.5, 0.6) is 0 Å². The molecule has 1 aromatic rings. The van der Waals surface area contributed by atoms with E-state index in [2.05, 4.69) is 10.6 Å². The molecule has 0 aliphatic heterocycles. The van der Waals surface area contributed by atoms with Gasteiger partial charge in [-0.25, -0.2) is 0 Å². The van der Waals surface area contributed by atoms with Gasteiger partial charge in [0.05, 0.1) is 5.69 Å². The van der Waals surface area contributed by atoms with E-state index in [4.69, 9.17) is 5.21 Å². The smallest absolute Gasteiger partial charge is 0.252 e. The molecule has 0 saturated carbocycles. The van der Waals surface area contributed by atoms with Crippen LogP contribution in [-0.2, 0) is 4.79 Å². The van der Waals surface area contributed by atoms with E-state index in [1.54, 1.807) is 6.92 Å². The number of hydrogen-bond donors (Lipinski definition) is 3. The molecule has 23 heavy (non-hydrogen) atoms. The Morgan fingerprint density at radius 3 is 2.09 bits per heavy atom. The van der Waals surface area contributed by atoms with Crippen LogP contribution in [0.15, 0.2) is 24.3 Å². The Kier molecular flexibility index (Phi) is 6.12. The van der Waals surface area contributed by atoms with Gasteiger partial charge >= 0.3 is 0 Å². The molecular weight excluding hydrogens is 298 g/mol. The van der Waals surface area contributed by atoms with Gasteiger partial charge in [-0.15, -0.1) is 0 Å². The van der Waals surface area contributed by atoms with Gasteiger partial charge in [-0.3, -0.25) is 14.8 Å². The Morgan fingerprint density at radius 1 is 1.17 bits per heavy atom. The van der Waals surface area contributed by atoms with Crippen molar-refractivity contribution in [3.63, 3.8) is 0 Å². The molecule has 1 aromatic carbocycles. The van der Waals surface area contributed by atoms with Crippen LogP contribution in [0.4, 0.5) is 5.69 Å². The van der Waals surface area contributed by atoms with Crippen molar-refractivity contribution in [2.24, 2.45) is 5.92 Å². The van der Waals surface area contributed by atoms with Gasteiger partial charge in [0.1, 0.15) is 5.54 Å². The Morgan fingerprint density at radius 2 is 1.70 bits per heavy atom. The van der Waals surface area contributed by atoms with E-state index in [1.807, 2.05) is 27.7 Å². The van der Waals surface area contributed by atoms with E-state index < -0.39 is 11.4 Å². The van der Waals surface area contributed by atoms with E-state index >= 15 is 0 Å². The molecule has 0 unspecified atom stereocenters. The molecule has 1 atom stereocenters. The van der Waals surface area contributed by atoms with Crippen LogP contribution in [0.25, 0.3) is 0 Å². The average molecular weight is 322 g/mol. The fourth-order valence-corrected chi connectivity index (χ4v) is 1.92. The first-order valence-electron chi connectivity index (χ1n) is 7.47. The minimum atomic E-state index is -1.07. The molecule has 0 radical (unpaired) electrons. The number of amides is 2. The molecule has 0 heterocycles. The van der Waals surface area contributed by atoms with Crippen molar-refractivity contribution in [3.8, 4) is 0 Å². The molecule has 0 aliphatic carbocycles. The maximum atomic E-state index is 12.4. The SMILES string of the molecule is CC(C)NC(=O)[C@](C)(NC(=O)c1ccc(N([O-])O)cc1)C(C)C. The predicted molar refractivity (Wildman–Crippen MR) is 88.1 cm³/mol. The van der Waals surface area contributed by atoms with Gasteiger partial charge in [-0.1, -0.05) is 13.8 Å². The third kappa shape index (κ3) is 4.67. The second-order valence-corrected chi connectivity index (χ2v) is 6.26. The molecular formula is C16H24N3O4-. The van der Waals surface area contributed by atoms with E-state index in [1.165, 1.54) is 24.3 Å². The second kappa shape index (κ2) is 7.43. The van der Waals surface area contributed by atoms with Crippen LogP contribution in [0.3, 0.4) is 0 Å². The summed E-state index contributed by atoms with van der Waals surface area (Å²) < 4.78 is 0. The van der Waals surface area contributed by atoms with Gasteiger partial charge in [0.15, 0.2) is 0 Å². The van der Waals surface area contributed by atoms with Crippen molar-refractivity contribution >= 4 is 17.5 Å². The van der Waals surface area contributed by atoms with Crippen molar-refractivity contribution < 1.29 is 14.8 Å². The molecule has 0 aliphatic rings. The van der Waals surface area contributed by atoms with Gasteiger partial charge in [0.25, 0.3) is 5.91 Å². The molecule has 0 bridgehead atoms. The molecule has 2 amide bonds. The number of hydrogen-bond acceptors (Lipinski definition) is 5. The maximum Gasteiger partial charge on any atom is 0.252 e. The normalized spacial score (nSPS) is 13.6. The molecule has 3 N–H and O–H groups in total. The van der Waals surface area contributed by atoms with Crippen molar-refractivity contribution in [3.05, 3.63) is 35.0 Å². The highest BCUT2D eigenvalue weighted by Gasteiger charge is 2.38. The summed E-state index contributed by atoms with van der Waals surface area (Å²) in [5.74, 6) is -0.811. The first-order valence-corrected chi connectivity index (χ1v) is 7.47. The summed E-state index contributed by atoms with van der Waals surface area (Å²) in [4.78, 5) is 24.8. The lowest BCUT2D eigenvalue weighted by molar-refractivity contribution is -0.128. The van der Waals surface area contributed by atoms with Gasteiger partial charge < -0.3 is 21.1 Å². The standard InChI is InChI=1S/C16H24N3O4/c1-10(2)16(5,15(21)17-11(3)4)18-14(20)12-6-8-13(9-7-12)19(22)23/h6-11,22H,1-5H3,(H,17,21)(H,18,20)/q-1/t16-/m1/s1. The van der Waals surface area contributed by atoms with E-state index in [9.17, 15) is 14.8 Å². The van der Waals surface area contributed by atoms with Crippen LogP contribution >= 0.6 is 0 Å². The Labute approximate surface area is 136 Å². The van der Waals surface area contributed by atoms with Gasteiger partial charge in [-0.2, -0.15) is 0 Å². The molecule has 0 saturated heterocycles. The quantitative estimate of drug-likeness (QED) is 0.695. The molecule has 7 heteroatoms. The zero-order chi connectivity index (χ0) is 17.8. The largest absolute Gasteiger partial charge is 0.733 e. The molecule has 7 nitrogen and oxygen atoms in total. The molecule has 0 fully saturated rings. The van der Waals surface area contributed by atoms with Gasteiger partial charge in [-0.05, 0) is 51.0 Å². The zero-order valence-electron chi connectivity index (χ0n) is 14.1. The zero-order valence-corrected chi connectivity index (χ0v) is 14.1. The number of nitrogens with zero attached hydrogens (tertiary/aromatic N) is 1. The molecule has 0 spiro atoms. The third-order valence-corrected chi connectivity index (χ3v) is 3.77. The van der Waals surface area contributed by atoms with Crippen LogP contribution in [0.1, 0.15) is 45.0 Å². The number of carbonyl (C=O) groups is 2. The second-order valence-electron chi connectivity index (χ2n) is 6.26. The van der Waals surface area contributed by atoms with Crippen molar-refractivity contribution in [2.45, 2.75) is 46.2 Å². The fourth-order valence-electron chi connectivity index (χ4n) is 1.92. The number of carbonyl (C=O) groups excluding carboxylic acids is 2. The lowest BCUT2D eigenvalue weighted by Crippen LogP contribution is -2.60. The Balaban J connectivity index is 2.95. The van der Waals surface area contributed by atoms with Crippen LogP contribution in [0.2, 0.25) is 0 Å². The third-order valence-electron chi connectivity index (χ3n) is 3.77. The van der Waals surface area contributed by atoms with Crippen molar-refractivity contribution in [1.29, 1.82) is 0 Å². The highest BCUT2D eigenvalue weighted by Crippen LogP contribution is 2.19. The first kappa shape index (κ1) is 18.9. The number of rotatable bonds is 6. The summed E-state index contributed by atoms with van der Waals surface area (Å²) in [6, 6.07) is 5.43. The number of benzene rings is 1. The van der Waals surface area contributed by atoms with E-state index in [-0.39, 0.29) is 28.8 Å².